The van der Waals surface area contributed by atoms with Crippen LogP contribution in [-0.4, -0.2) is 43.8 Å². The Bertz CT molecular complexity index is 727. The van der Waals surface area contributed by atoms with E-state index in [9.17, 15) is 18.0 Å². The summed E-state index contributed by atoms with van der Waals surface area (Å²) in [5.74, 6) is -0.677. The summed E-state index contributed by atoms with van der Waals surface area (Å²) in [5.41, 5.74) is -0.800. The third kappa shape index (κ3) is 7.03. The molecule has 0 spiro atoms. The molecule has 0 saturated heterocycles. The Morgan fingerprint density at radius 2 is 1.81 bits per heavy atom. The summed E-state index contributed by atoms with van der Waals surface area (Å²) in [5, 5.41) is 11.8. The van der Waals surface area contributed by atoms with Gasteiger partial charge in [-0.3, -0.25) is 9.59 Å². The highest BCUT2D eigenvalue weighted by Crippen LogP contribution is 2.21. The standard InChI is InChI=1S/C18H27NO6S/c1-13(2)18(3,12-17(21)22)19-16(20)6-5-11-25-14-7-9-15(10-8-14)26(4,23)24/h7-10,13H,5-6,11-12H2,1-4H3,(H,19,20)(H,21,22). The van der Waals surface area contributed by atoms with Crippen LogP contribution in [0, 0.1) is 5.92 Å². The minimum Gasteiger partial charge on any atom is -0.494 e. The fourth-order valence-electron chi connectivity index (χ4n) is 2.29. The lowest BCUT2D eigenvalue weighted by Crippen LogP contribution is -2.51. The molecule has 1 amide bonds. The molecule has 0 bridgehead atoms. The zero-order chi connectivity index (χ0) is 20.0. The van der Waals surface area contributed by atoms with E-state index < -0.39 is 21.3 Å². The smallest absolute Gasteiger partial charge is 0.305 e. The highest BCUT2D eigenvalue weighted by Gasteiger charge is 2.32. The fourth-order valence-corrected chi connectivity index (χ4v) is 2.92. The zero-order valence-electron chi connectivity index (χ0n) is 15.6. The molecule has 0 aromatic heterocycles. The van der Waals surface area contributed by atoms with E-state index in [0.29, 0.717) is 18.8 Å². The van der Waals surface area contributed by atoms with E-state index in [1.807, 2.05) is 13.8 Å². The van der Waals surface area contributed by atoms with Crippen molar-refractivity contribution >= 4 is 21.7 Å². The molecule has 0 aliphatic rings. The van der Waals surface area contributed by atoms with Crippen LogP contribution in [0.5, 0.6) is 5.75 Å². The zero-order valence-corrected chi connectivity index (χ0v) is 16.4. The van der Waals surface area contributed by atoms with E-state index >= 15 is 0 Å². The molecule has 0 aliphatic heterocycles. The number of carbonyl (C=O) groups excluding carboxylic acids is 1. The van der Waals surface area contributed by atoms with Crippen molar-refractivity contribution in [2.75, 3.05) is 12.9 Å². The van der Waals surface area contributed by atoms with Crippen molar-refractivity contribution in [1.29, 1.82) is 0 Å². The molecule has 0 aliphatic carbocycles. The lowest BCUT2D eigenvalue weighted by atomic mass is 9.85. The van der Waals surface area contributed by atoms with Gasteiger partial charge in [-0.25, -0.2) is 8.42 Å². The molecule has 0 fully saturated rings. The average Bonchev–Trinajstić information content (AvgIpc) is 2.50. The number of carboxylic acid groups (broad SMARTS) is 1. The quantitative estimate of drug-likeness (QED) is 0.598. The molecule has 1 aromatic rings. The number of hydrogen-bond donors (Lipinski definition) is 2. The maximum Gasteiger partial charge on any atom is 0.305 e. The number of rotatable bonds is 10. The number of aliphatic carboxylic acids is 1. The Balaban J connectivity index is 2.45. The molecule has 146 valence electrons. The summed E-state index contributed by atoms with van der Waals surface area (Å²) in [6.45, 7) is 5.76. The summed E-state index contributed by atoms with van der Waals surface area (Å²) in [7, 11) is -3.24. The molecule has 1 unspecified atom stereocenters. The van der Waals surface area contributed by atoms with Gasteiger partial charge in [-0.1, -0.05) is 13.8 Å². The van der Waals surface area contributed by atoms with Gasteiger partial charge >= 0.3 is 5.97 Å². The minimum absolute atomic E-state index is 0.0211. The van der Waals surface area contributed by atoms with Crippen molar-refractivity contribution in [3.8, 4) is 5.75 Å². The Labute approximate surface area is 154 Å². The summed E-state index contributed by atoms with van der Waals surface area (Å²) in [6.07, 6.45) is 1.67. The number of sulfone groups is 1. The van der Waals surface area contributed by atoms with Gasteiger partial charge in [0.05, 0.1) is 17.9 Å². The third-order valence-corrected chi connectivity index (χ3v) is 5.41. The molecule has 0 heterocycles. The monoisotopic (exact) mass is 385 g/mol. The Hall–Kier alpha value is -2.09. The van der Waals surface area contributed by atoms with Crippen LogP contribution in [0.4, 0.5) is 0 Å². The maximum atomic E-state index is 12.1. The Kier molecular flexibility index (Phi) is 7.62. The molecule has 1 rings (SSSR count). The van der Waals surface area contributed by atoms with Crippen molar-refractivity contribution in [3.63, 3.8) is 0 Å². The first kappa shape index (κ1) is 22.0. The molecule has 8 heteroatoms. The lowest BCUT2D eigenvalue weighted by Gasteiger charge is -2.33. The molecule has 0 saturated carbocycles. The van der Waals surface area contributed by atoms with Gasteiger partial charge < -0.3 is 15.2 Å². The predicted octanol–water partition coefficient (Wildman–Crippen LogP) is 2.25. The predicted molar refractivity (Wildman–Crippen MR) is 97.9 cm³/mol. The second-order valence-corrected chi connectivity index (χ2v) is 8.90. The van der Waals surface area contributed by atoms with E-state index in [-0.39, 0.29) is 29.6 Å². The Morgan fingerprint density at radius 1 is 1.23 bits per heavy atom. The van der Waals surface area contributed by atoms with Crippen molar-refractivity contribution in [1.82, 2.24) is 5.32 Å². The highest BCUT2D eigenvalue weighted by atomic mass is 32.2. The number of ether oxygens (including phenoxy) is 1. The van der Waals surface area contributed by atoms with Gasteiger partial charge in [-0.2, -0.15) is 0 Å². The SMILES string of the molecule is CC(C)C(C)(CC(=O)O)NC(=O)CCCOc1ccc(S(C)(=O)=O)cc1. The van der Waals surface area contributed by atoms with Crippen molar-refractivity contribution in [3.05, 3.63) is 24.3 Å². The lowest BCUT2D eigenvalue weighted by molar-refractivity contribution is -0.139. The molecule has 7 nitrogen and oxygen atoms in total. The number of carbonyl (C=O) groups is 2. The van der Waals surface area contributed by atoms with Crippen molar-refractivity contribution in [2.45, 2.75) is 50.5 Å². The summed E-state index contributed by atoms with van der Waals surface area (Å²) >= 11 is 0. The summed E-state index contributed by atoms with van der Waals surface area (Å²) in [4.78, 5) is 23.3. The van der Waals surface area contributed by atoms with Gasteiger partial charge in [0.2, 0.25) is 5.91 Å². The highest BCUT2D eigenvalue weighted by molar-refractivity contribution is 7.90. The van der Waals surface area contributed by atoms with Crippen LogP contribution in [0.2, 0.25) is 0 Å². The van der Waals surface area contributed by atoms with Gasteiger partial charge in [0.1, 0.15) is 5.75 Å². The van der Waals surface area contributed by atoms with Crippen molar-refractivity contribution in [2.24, 2.45) is 5.92 Å². The number of hydrogen-bond acceptors (Lipinski definition) is 5. The van der Waals surface area contributed by atoms with Crippen LogP contribution in [0.3, 0.4) is 0 Å². The molecule has 2 N–H and O–H groups in total. The van der Waals surface area contributed by atoms with Crippen LogP contribution in [-0.2, 0) is 19.4 Å². The largest absolute Gasteiger partial charge is 0.494 e. The number of benzene rings is 1. The van der Waals surface area contributed by atoms with Gasteiger partial charge in [0.15, 0.2) is 9.84 Å². The summed E-state index contributed by atoms with van der Waals surface area (Å²) < 4.78 is 28.3. The van der Waals surface area contributed by atoms with Crippen LogP contribution in [0.1, 0.15) is 40.0 Å². The van der Waals surface area contributed by atoms with Crippen LogP contribution in [0.15, 0.2) is 29.2 Å². The van der Waals surface area contributed by atoms with Crippen LogP contribution < -0.4 is 10.1 Å². The fraction of sp³-hybridized carbons (Fsp3) is 0.556. The first-order chi connectivity index (χ1) is 11.9. The molecular formula is C18H27NO6S. The third-order valence-electron chi connectivity index (χ3n) is 4.29. The number of amides is 1. The second-order valence-electron chi connectivity index (χ2n) is 6.89. The normalized spacial score (nSPS) is 13.9. The van der Waals surface area contributed by atoms with Gasteiger partial charge in [-0.15, -0.1) is 0 Å². The molecule has 1 atom stereocenters. The molecule has 26 heavy (non-hydrogen) atoms. The molecule has 0 radical (unpaired) electrons. The topological polar surface area (TPSA) is 110 Å². The minimum atomic E-state index is -3.24. The Morgan fingerprint density at radius 3 is 2.27 bits per heavy atom. The van der Waals surface area contributed by atoms with E-state index in [0.717, 1.165) is 6.26 Å². The van der Waals surface area contributed by atoms with E-state index in [2.05, 4.69) is 5.32 Å². The second kappa shape index (κ2) is 9.02. The molecule has 1 aromatic carbocycles. The number of carboxylic acids is 1. The first-order valence-electron chi connectivity index (χ1n) is 8.40. The first-order valence-corrected chi connectivity index (χ1v) is 10.3. The van der Waals surface area contributed by atoms with Crippen molar-refractivity contribution < 1.29 is 27.9 Å². The van der Waals surface area contributed by atoms with E-state index in [4.69, 9.17) is 9.84 Å². The summed E-state index contributed by atoms with van der Waals surface area (Å²) in [6, 6.07) is 6.08. The van der Waals surface area contributed by atoms with Crippen LogP contribution >= 0.6 is 0 Å². The van der Waals surface area contributed by atoms with Gasteiger partial charge in [0, 0.05) is 18.2 Å². The number of nitrogens with one attached hydrogen (secondary N) is 1. The molecular weight excluding hydrogens is 358 g/mol. The average molecular weight is 385 g/mol. The van der Waals surface area contributed by atoms with Gasteiger partial charge in [-0.05, 0) is 43.5 Å². The maximum absolute atomic E-state index is 12.1. The van der Waals surface area contributed by atoms with Gasteiger partial charge in [0.25, 0.3) is 0 Å². The van der Waals surface area contributed by atoms with E-state index in [1.165, 1.54) is 12.1 Å². The van der Waals surface area contributed by atoms with Crippen LogP contribution in [0.25, 0.3) is 0 Å². The van der Waals surface area contributed by atoms with E-state index in [1.54, 1.807) is 19.1 Å².